The molecule has 3 rings (SSSR count). The van der Waals surface area contributed by atoms with Crippen LogP contribution < -0.4 is 10.6 Å². The van der Waals surface area contributed by atoms with E-state index in [0.29, 0.717) is 25.2 Å². The van der Waals surface area contributed by atoms with Crippen LogP contribution in [0, 0.1) is 5.82 Å². The molecule has 2 fully saturated rings. The first-order valence-electron chi connectivity index (χ1n) is 9.80. The molecule has 0 unspecified atom stereocenters. The Hall–Kier alpha value is -2.64. The highest BCUT2D eigenvalue weighted by Crippen LogP contribution is 2.23. The quantitative estimate of drug-likeness (QED) is 0.761. The molecular formula is C20H27FN4O3. The molecule has 0 aliphatic carbocycles. The van der Waals surface area contributed by atoms with Gasteiger partial charge in [0.2, 0.25) is 0 Å². The smallest absolute Gasteiger partial charge is 0.319 e. The van der Waals surface area contributed by atoms with E-state index in [4.69, 9.17) is 0 Å². The van der Waals surface area contributed by atoms with Gasteiger partial charge < -0.3 is 20.4 Å². The molecule has 3 atom stereocenters. The number of urea groups is 1. The fourth-order valence-corrected chi connectivity index (χ4v) is 4.02. The molecule has 2 heterocycles. The molecule has 2 N–H and O–H groups in total. The molecule has 2 saturated heterocycles. The Morgan fingerprint density at radius 2 is 1.64 bits per heavy atom. The zero-order valence-electron chi connectivity index (χ0n) is 16.3. The van der Waals surface area contributed by atoms with Gasteiger partial charge in [0.05, 0.1) is 0 Å². The van der Waals surface area contributed by atoms with Crippen LogP contribution in [-0.4, -0.2) is 58.9 Å². The summed E-state index contributed by atoms with van der Waals surface area (Å²) < 4.78 is 12.9. The third-order valence-corrected chi connectivity index (χ3v) is 5.52. The SMILES string of the molecule is C[C@@H]1CCC[C@@H](C)N1C(=O)C(=O)N1CC[C@@H](NC(=O)Nc2ccc(F)cc2)C1. The van der Waals surface area contributed by atoms with Crippen molar-refractivity contribution in [1.29, 1.82) is 0 Å². The van der Waals surface area contributed by atoms with Crippen LogP contribution in [-0.2, 0) is 9.59 Å². The Morgan fingerprint density at radius 1 is 1.00 bits per heavy atom. The summed E-state index contributed by atoms with van der Waals surface area (Å²) in [4.78, 5) is 40.7. The normalized spacial score (nSPS) is 24.8. The maximum Gasteiger partial charge on any atom is 0.319 e. The molecule has 7 nitrogen and oxygen atoms in total. The Labute approximate surface area is 164 Å². The molecule has 0 radical (unpaired) electrons. The van der Waals surface area contributed by atoms with Crippen molar-refractivity contribution in [3.63, 3.8) is 0 Å². The zero-order chi connectivity index (χ0) is 20.3. The van der Waals surface area contributed by atoms with Crippen LogP contribution in [0.1, 0.15) is 39.5 Å². The van der Waals surface area contributed by atoms with Crippen molar-refractivity contribution >= 4 is 23.5 Å². The van der Waals surface area contributed by atoms with Gasteiger partial charge in [-0.15, -0.1) is 0 Å². The molecule has 0 bridgehead atoms. The second-order valence-corrected chi connectivity index (χ2v) is 7.68. The van der Waals surface area contributed by atoms with Crippen molar-refractivity contribution in [3.8, 4) is 0 Å². The van der Waals surface area contributed by atoms with E-state index in [2.05, 4.69) is 10.6 Å². The molecule has 0 spiro atoms. The first kappa shape index (κ1) is 20.1. The number of carbonyl (C=O) groups is 3. The molecular weight excluding hydrogens is 363 g/mol. The van der Waals surface area contributed by atoms with Crippen LogP contribution in [0.3, 0.4) is 0 Å². The Balaban J connectivity index is 1.51. The molecule has 0 saturated carbocycles. The highest BCUT2D eigenvalue weighted by molar-refractivity contribution is 6.35. The van der Waals surface area contributed by atoms with Crippen molar-refractivity contribution in [2.45, 2.75) is 57.7 Å². The van der Waals surface area contributed by atoms with Gasteiger partial charge in [0, 0.05) is 36.9 Å². The molecule has 1 aromatic carbocycles. The van der Waals surface area contributed by atoms with Crippen LogP contribution in [0.15, 0.2) is 24.3 Å². The lowest BCUT2D eigenvalue weighted by Gasteiger charge is -2.39. The average Bonchev–Trinajstić information content (AvgIpc) is 3.11. The summed E-state index contributed by atoms with van der Waals surface area (Å²) in [5.74, 6) is -1.32. The summed E-state index contributed by atoms with van der Waals surface area (Å²) in [5, 5.41) is 5.43. The summed E-state index contributed by atoms with van der Waals surface area (Å²) in [6, 6.07) is 4.96. The van der Waals surface area contributed by atoms with E-state index < -0.39 is 17.8 Å². The van der Waals surface area contributed by atoms with Crippen molar-refractivity contribution in [2.24, 2.45) is 0 Å². The summed E-state index contributed by atoms with van der Waals surface area (Å²) in [7, 11) is 0. The number of rotatable bonds is 2. The standard InChI is InChI=1S/C20H27FN4O3/c1-13-4-3-5-14(2)25(13)19(27)18(26)24-11-10-17(12-24)23-20(28)22-16-8-6-15(21)7-9-16/h6-9,13-14,17H,3-5,10-12H2,1-2H3,(H2,22,23,28)/t13-,14-,17-/m1/s1. The number of hydrogen-bond donors (Lipinski definition) is 2. The highest BCUT2D eigenvalue weighted by atomic mass is 19.1. The number of benzene rings is 1. The van der Waals surface area contributed by atoms with E-state index in [1.165, 1.54) is 29.2 Å². The first-order chi connectivity index (χ1) is 13.3. The lowest BCUT2D eigenvalue weighted by atomic mass is 9.97. The fourth-order valence-electron chi connectivity index (χ4n) is 4.02. The van der Waals surface area contributed by atoms with Crippen molar-refractivity contribution in [1.82, 2.24) is 15.1 Å². The Kier molecular flexibility index (Phi) is 6.16. The molecule has 8 heteroatoms. The molecule has 28 heavy (non-hydrogen) atoms. The number of nitrogens with zero attached hydrogens (tertiary/aromatic N) is 2. The van der Waals surface area contributed by atoms with Crippen LogP contribution in [0.4, 0.5) is 14.9 Å². The minimum absolute atomic E-state index is 0.0678. The monoisotopic (exact) mass is 390 g/mol. The number of anilines is 1. The number of carbonyl (C=O) groups excluding carboxylic acids is 3. The Bertz CT molecular complexity index is 729. The van der Waals surface area contributed by atoms with Crippen molar-refractivity contribution < 1.29 is 18.8 Å². The zero-order valence-corrected chi connectivity index (χ0v) is 16.3. The highest BCUT2D eigenvalue weighted by Gasteiger charge is 2.37. The second kappa shape index (κ2) is 8.58. The van der Waals surface area contributed by atoms with Gasteiger partial charge >= 0.3 is 17.8 Å². The number of likely N-dealkylation sites (tertiary alicyclic amines) is 2. The minimum Gasteiger partial charge on any atom is -0.333 e. The van der Waals surface area contributed by atoms with Gasteiger partial charge in [-0.1, -0.05) is 0 Å². The summed E-state index contributed by atoms with van der Waals surface area (Å²) in [6.45, 7) is 4.70. The van der Waals surface area contributed by atoms with Crippen LogP contribution in [0.5, 0.6) is 0 Å². The third-order valence-electron chi connectivity index (χ3n) is 5.52. The van der Waals surface area contributed by atoms with Gasteiger partial charge in [-0.2, -0.15) is 0 Å². The van der Waals surface area contributed by atoms with Crippen molar-refractivity contribution in [2.75, 3.05) is 18.4 Å². The van der Waals surface area contributed by atoms with E-state index in [9.17, 15) is 18.8 Å². The van der Waals surface area contributed by atoms with E-state index in [1.807, 2.05) is 13.8 Å². The van der Waals surface area contributed by atoms with Crippen LogP contribution in [0.2, 0.25) is 0 Å². The summed E-state index contributed by atoms with van der Waals surface area (Å²) >= 11 is 0. The first-order valence-corrected chi connectivity index (χ1v) is 9.80. The van der Waals surface area contributed by atoms with Crippen molar-refractivity contribution in [3.05, 3.63) is 30.1 Å². The average molecular weight is 390 g/mol. The molecule has 2 aliphatic heterocycles. The number of hydrogen-bond acceptors (Lipinski definition) is 3. The fraction of sp³-hybridized carbons (Fsp3) is 0.550. The number of nitrogens with one attached hydrogen (secondary N) is 2. The number of piperidine rings is 1. The van der Waals surface area contributed by atoms with Gasteiger partial charge in [-0.3, -0.25) is 9.59 Å². The van der Waals surface area contributed by atoms with Gasteiger partial charge in [0.15, 0.2) is 0 Å². The molecule has 152 valence electrons. The predicted molar refractivity (Wildman–Crippen MR) is 103 cm³/mol. The van der Waals surface area contributed by atoms with Gasteiger partial charge in [-0.25, -0.2) is 9.18 Å². The van der Waals surface area contributed by atoms with E-state index in [-0.39, 0.29) is 23.9 Å². The molecule has 1 aromatic rings. The summed E-state index contributed by atoms with van der Waals surface area (Å²) in [5.41, 5.74) is 0.480. The molecule has 4 amide bonds. The lowest BCUT2D eigenvalue weighted by molar-refractivity contribution is -0.155. The number of amides is 4. The van der Waals surface area contributed by atoms with Gasteiger partial charge in [-0.05, 0) is 63.8 Å². The van der Waals surface area contributed by atoms with E-state index in [1.54, 1.807) is 4.90 Å². The Morgan fingerprint density at radius 3 is 2.29 bits per heavy atom. The largest absolute Gasteiger partial charge is 0.333 e. The van der Waals surface area contributed by atoms with Crippen LogP contribution in [0.25, 0.3) is 0 Å². The predicted octanol–water partition coefficient (Wildman–Crippen LogP) is 2.34. The lowest BCUT2D eigenvalue weighted by Crippen LogP contribution is -2.53. The topological polar surface area (TPSA) is 81.8 Å². The van der Waals surface area contributed by atoms with E-state index >= 15 is 0 Å². The summed E-state index contributed by atoms with van der Waals surface area (Å²) in [6.07, 6.45) is 3.48. The number of halogens is 1. The van der Waals surface area contributed by atoms with E-state index in [0.717, 1.165) is 19.3 Å². The van der Waals surface area contributed by atoms with Gasteiger partial charge in [0.25, 0.3) is 0 Å². The maximum atomic E-state index is 12.9. The molecule has 2 aliphatic rings. The minimum atomic E-state index is -0.496. The maximum absolute atomic E-state index is 12.9. The van der Waals surface area contributed by atoms with Crippen LogP contribution >= 0.6 is 0 Å². The second-order valence-electron chi connectivity index (χ2n) is 7.68. The third kappa shape index (κ3) is 4.61. The van der Waals surface area contributed by atoms with Gasteiger partial charge in [0.1, 0.15) is 5.82 Å². The molecule has 0 aromatic heterocycles.